The number of pyridine rings is 1. The lowest BCUT2D eigenvalue weighted by molar-refractivity contribution is -0.141. The smallest absolute Gasteiger partial charge is 0.345 e. The first-order valence-electron chi connectivity index (χ1n) is 8.02. The van der Waals surface area contributed by atoms with Crippen LogP contribution in [0.15, 0.2) is 4.79 Å². The second-order valence-corrected chi connectivity index (χ2v) is 6.21. The van der Waals surface area contributed by atoms with Gasteiger partial charge in [-0.1, -0.05) is 0 Å². The Morgan fingerprint density at radius 2 is 1.85 bits per heavy atom. The molecule has 0 saturated heterocycles. The Balaban J connectivity index is 2.55. The van der Waals surface area contributed by atoms with Crippen molar-refractivity contribution in [3.63, 3.8) is 0 Å². The highest BCUT2D eigenvalue weighted by molar-refractivity contribution is 6.03. The van der Waals surface area contributed by atoms with E-state index in [-0.39, 0.29) is 6.61 Å². The third-order valence-electron chi connectivity index (χ3n) is 4.44. The van der Waals surface area contributed by atoms with Crippen molar-refractivity contribution in [2.45, 2.75) is 38.6 Å². The highest BCUT2D eigenvalue weighted by Gasteiger charge is 2.40. The van der Waals surface area contributed by atoms with Crippen LogP contribution in [0.1, 0.15) is 53.8 Å². The summed E-state index contributed by atoms with van der Waals surface area (Å²) in [6.45, 7) is 2.74. The van der Waals surface area contributed by atoms with Crippen molar-refractivity contribution >= 4 is 17.8 Å². The molecule has 1 saturated carbocycles. The lowest BCUT2D eigenvalue weighted by Gasteiger charge is -2.40. The number of amides is 1. The van der Waals surface area contributed by atoms with E-state index in [1.165, 1.54) is 0 Å². The maximum Gasteiger partial charge on any atom is 0.345 e. The summed E-state index contributed by atoms with van der Waals surface area (Å²) in [6.07, 6.45) is 1.75. The molecule has 0 spiro atoms. The van der Waals surface area contributed by atoms with Crippen LogP contribution in [0.5, 0.6) is 11.6 Å². The molecule has 1 fully saturated rings. The molecule has 142 valence electrons. The monoisotopic (exact) mass is 368 g/mol. The molecular weight excluding hydrogens is 348 g/mol. The Hall–Kier alpha value is -3.04. The number of hydrogen-bond donors (Lipinski definition) is 4. The summed E-state index contributed by atoms with van der Waals surface area (Å²) < 4.78 is 5.46. The van der Waals surface area contributed by atoms with E-state index in [2.05, 4.69) is 10.1 Å². The van der Waals surface area contributed by atoms with Crippen LogP contribution in [0.4, 0.5) is 0 Å². The molecule has 10 heteroatoms. The first-order chi connectivity index (χ1) is 12.1. The zero-order chi connectivity index (χ0) is 19.6. The van der Waals surface area contributed by atoms with E-state index >= 15 is 0 Å². The standard InChI is InChI=1S/C16H20N2O8/c1-3-26-8(19)7-17-12(21)9-11(20)10(15(24)25)14(23)18(13(9)22)16(2)5-4-6-16/h20,23H,3-7H2,1-2H3,(H,17,21)(H,24,25). The summed E-state index contributed by atoms with van der Waals surface area (Å²) in [4.78, 5) is 47.8. The molecule has 1 aliphatic rings. The fourth-order valence-electron chi connectivity index (χ4n) is 2.92. The predicted octanol–water partition coefficient (Wildman–Crippen LogP) is 0.150. The third kappa shape index (κ3) is 3.22. The zero-order valence-corrected chi connectivity index (χ0v) is 14.4. The van der Waals surface area contributed by atoms with Crippen LogP contribution in [-0.4, -0.2) is 50.9 Å². The van der Waals surface area contributed by atoms with Crippen LogP contribution in [0.3, 0.4) is 0 Å². The van der Waals surface area contributed by atoms with Crippen LogP contribution >= 0.6 is 0 Å². The quantitative estimate of drug-likeness (QED) is 0.517. The molecule has 1 aromatic heterocycles. The summed E-state index contributed by atoms with van der Waals surface area (Å²) in [5, 5.41) is 31.7. The number of carbonyl (C=O) groups is 3. The predicted molar refractivity (Wildman–Crippen MR) is 87.5 cm³/mol. The minimum atomic E-state index is -1.70. The average Bonchev–Trinajstić information content (AvgIpc) is 2.51. The highest BCUT2D eigenvalue weighted by atomic mass is 16.5. The van der Waals surface area contributed by atoms with Crippen LogP contribution < -0.4 is 10.9 Å². The van der Waals surface area contributed by atoms with Crippen molar-refractivity contribution in [3.05, 3.63) is 21.5 Å². The molecule has 1 aliphatic carbocycles. The minimum absolute atomic E-state index is 0.0908. The number of carboxylic acids is 1. The van der Waals surface area contributed by atoms with Crippen molar-refractivity contribution < 1.29 is 34.4 Å². The van der Waals surface area contributed by atoms with E-state index in [0.29, 0.717) is 12.8 Å². The van der Waals surface area contributed by atoms with Gasteiger partial charge in [-0.25, -0.2) is 4.79 Å². The second-order valence-electron chi connectivity index (χ2n) is 6.21. The Kier molecular flexibility index (Phi) is 5.24. The molecule has 10 nitrogen and oxygen atoms in total. The average molecular weight is 368 g/mol. The van der Waals surface area contributed by atoms with Crippen molar-refractivity contribution in [2.75, 3.05) is 13.2 Å². The lowest BCUT2D eigenvalue weighted by atomic mass is 9.78. The number of esters is 1. The highest BCUT2D eigenvalue weighted by Crippen LogP contribution is 2.42. The van der Waals surface area contributed by atoms with Gasteiger partial charge in [-0.3, -0.25) is 19.0 Å². The molecule has 4 N–H and O–H groups in total. The van der Waals surface area contributed by atoms with Gasteiger partial charge in [0.05, 0.1) is 6.61 Å². The zero-order valence-electron chi connectivity index (χ0n) is 14.4. The molecule has 26 heavy (non-hydrogen) atoms. The van der Waals surface area contributed by atoms with Crippen molar-refractivity contribution in [3.8, 4) is 11.6 Å². The number of rotatable bonds is 6. The molecule has 0 radical (unpaired) electrons. The fraction of sp³-hybridized carbons (Fsp3) is 0.500. The van der Waals surface area contributed by atoms with Gasteiger partial charge < -0.3 is 25.4 Å². The second kappa shape index (κ2) is 7.06. The Labute approximate surface area is 148 Å². The van der Waals surface area contributed by atoms with Gasteiger partial charge in [0.15, 0.2) is 11.3 Å². The molecule has 0 atom stereocenters. The largest absolute Gasteiger partial charge is 0.506 e. The van der Waals surface area contributed by atoms with Crippen LogP contribution in [0, 0.1) is 0 Å². The van der Waals surface area contributed by atoms with Crippen molar-refractivity contribution in [1.29, 1.82) is 0 Å². The van der Waals surface area contributed by atoms with Gasteiger partial charge in [-0.2, -0.15) is 0 Å². The summed E-state index contributed by atoms with van der Waals surface area (Å²) in [5.74, 6) is -5.66. The van der Waals surface area contributed by atoms with Gasteiger partial charge in [0.1, 0.15) is 12.1 Å². The number of nitrogens with zero attached hydrogens (tertiary/aromatic N) is 1. The van der Waals surface area contributed by atoms with Crippen molar-refractivity contribution in [2.24, 2.45) is 0 Å². The maximum absolute atomic E-state index is 12.7. The van der Waals surface area contributed by atoms with E-state index in [0.717, 1.165) is 11.0 Å². The van der Waals surface area contributed by atoms with Gasteiger partial charge in [-0.05, 0) is 33.1 Å². The number of aromatic hydroxyl groups is 2. The molecular formula is C16H20N2O8. The van der Waals surface area contributed by atoms with Gasteiger partial charge in [-0.15, -0.1) is 0 Å². The first kappa shape index (κ1) is 19.3. The van der Waals surface area contributed by atoms with E-state index in [1.807, 2.05) is 0 Å². The number of aromatic nitrogens is 1. The first-order valence-corrected chi connectivity index (χ1v) is 8.02. The molecule has 1 aromatic rings. The molecule has 0 aliphatic heterocycles. The summed E-state index contributed by atoms with van der Waals surface area (Å²) in [7, 11) is 0. The minimum Gasteiger partial charge on any atom is -0.506 e. The Morgan fingerprint density at radius 1 is 1.23 bits per heavy atom. The lowest BCUT2D eigenvalue weighted by Crippen LogP contribution is -2.47. The molecule has 2 rings (SSSR count). The molecule has 0 unspecified atom stereocenters. The van der Waals surface area contributed by atoms with Crippen LogP contribution in [-0.2, 0) is 15.1 Å². The van der Waals surface area contributed by atoms with Gasteiger partial charge in [0, 0.05) is 5.54 Å². The van der Waals surface area contributed by atoms with Gasteiger partial charge >= 0.3 is 11.9 Å². The Morgan fingerprint density at radius 3 is 2.31 bits per heavy atom. The number of aromatic carboxylic acids is 1. The van der Waals surface area contributed by atoms with E-state index in [1.54, 1.807) is 13.8 Å². The third-order valence-corrected chi connectivity index (χ3v) is 4.44. The van der Waals surface area contributed by atoms with Gasteiger partial charge in [0.2, 0.25) is 5.88 Å². The summed E-state index contributed by atoms with van der Waals surface area (Å²) in [6, 6.07) is 0. The topological polar surface area (TPSA) is 155 Å². The number of hydrogen-bond acceptors (Lipinski definition) is 7. The maximum atomic E-state index is 12.7. The fourth-order valence-corrected chi connectivity index (χ4v) is 2.92. The molecule has 0 aromatic carbocycles. The van der Waals surface area contributed by atoms with E-state index in [4.69, 9.17) is 0 Å². The number of nitrogens with one attached hydrogen (secondary N) is 1. The van der Waals surface area contributed by atoms with E-state index < -0.39 is 58.2 Å². The molecule has 0 bridgehead atoms. The molecule has 1 amide bonds. The van der Waals surface area contributed by atoms with Gasteiger partial charge in [0.25, 0.3) is 11.5 Å². The number of carbonyl (C=O) groups excluding carboxylic acids is 2. The van der Waals surface area contributed by atoms with E-state index in [9.17, 15) is 34.5 Å². The van der Waals surface area contributed by atoms with Crippen molar-refractivity contribution in [1.82, 2.24) is 9.88 Å². The van der Waals surface area contributed by atoms with Crippen LogP contribution in [0.2, 0.25) is 0 Å². The number of ether oxygens (including phenoxy) is 1. The molecule has 1 heterocycles. The number of carboxylic acid groups (broad SMARTS) is 1. The Bertz CT molecular complexity index is 823. The SMILES string of the molecule is CCOC(=O)CNC(=O)c1c(O)c(C(=O)O)c(O)n(C2(C)CCC2)c1=O. The normalized spacial score (nSPS) is 15.0. The summed E-state index contributed by atoms with van der Waals surface area (Å²) in [5.41, 5.74) is -3.69. The van der Waals surface area contributed by atoms with Crippen LogP contribution in [0.25, 0.3) is 0 Å². The summed E-state index contributed by atoms with van der Waals surface area (Å²) >= 11 is 0.